The summed E-state index contributed by atoms with van der Waals surface area (Å²) in [4.78, 5) is 17.4. The maximum absolute atomic E-state index is 12.4. The van der Waals surface area contributed by atoms with E-state index in [0.717, 1.165) is 0 Å². The molecule has 0 saturated heterocycles. The summed E-state index contributed by atoms with van der Waals surface area (Å²) in [6.45, 7) is 1.63. The zero-order valence-electron chi connectivity index (χ0n) is 11.9. The highest BCUT2D eigenvalue weighted by Gasteiger charge is 2.35. The van der Waals surface area contributed by atoms with Crippen LogP contribution in [0.1, 0.15) is 24.5 Å². The first kappa shape index (κ1) is 16.1. The number of hydrogen-bond acceptors (Lipinski definition) is 4. The molecule has 1 aromatic heterocycles. The molecule has 1 atom stereocenters. The molecule has 1 amide bonds. The number of carbonyl (C=O) groups is 1. The van der Waals surface area contributed by atoms with Gasteiger partial charge in [0.05, 0.1) is 19.5 Å². The van der Waals surface area contributed by atoms with Crippen LogP contribution in [0.25, 0.3) is 0 Å². The van der Waals surface area contributed by atoms with Crippen LogP contribution in [0.5, 0.6) is 5.75 Å². The van der Waals surface area contributed by atoms with Crippen molar-refractivity contribution in [2.45, 2.75) is 26.1 Å². The average molecular weight is 313 g/mol. The topological polar surface area (TPSA) is 66.2 Å². The van der Waals surface area contributed by atoms with Crippen LogP contribution < -0.4 is 4.74 Å². The Bertz CT molecular complexity index is 610. The van der Waals surface area contributed by atoms with Crippen molar-refractivity contribution in [1.29, 1.82) is 5.26 Å². The molecule has 5 nitrogen and oxygen atoms in total. The van der Waals surface area contributed by atoms with Gasteiger partial charge in [0, 0.05) is 23.9 Å². The quantitative estimate of drug-likeness (QED) is 0.840. The molecule has 22 heavy (non-hydrogen) atoms. The SMILES string of the molecule is CC(CC(F)(F)F)C(=O)N1CCOc2c(C#N)cncc2C1. The summed E-state index contributed by atoms with van der Waals surface area (Å²) in [6, 6.07) is 1.94. The number of halogens is 3. The van der Waals surface area contributed by atoms with E-state index in [1.807, 2.05) is 6.07 Å². The van der Waals surface area contributed by atoms with E-state index < -0.39 is 24.4 Å². The van der Waals surface area contributed by atoms with Crippen LogP contribution in [0.3, 0.4) is 0 Å². The third-order valence-electron chi connectivity index (χ3n) is 3.33. The maximum atomic E-state index is 12.4. The molecule has 0 aliphatic carbocycles. The second-order valence-corrected chi connectivity index (χ2v) is 5.12. The third kappa shape index (κ3) is 3.67. The number of carbonyl (C=O) groups excluding carboxylic acids is 1. The van der Waals surface area contributed by atoms with Gasteiger partial charge in [0.25, 0.3) is 0 Å². The molecule has 1 aromatic rings. The Morgan fingerprint density at radius 2 is 2.27 bits per heavy atom. The minimum atomic E-state index is -4.38. The van der Waals surface area contributed by atoms with E-state index in [4.69, 9.17) is 10.00 Å². The number of amides is 1. The number of ether oxygens (including phenoxy) is 1. The summed E-state index contributed by atoms with van der Waals surface area (Å²) >= 11 is 0. The van der Waals surface area contributed by atoms with Crippen molar-refractivity contribution in [2.24, 2.45) is 5.92 Å². The minimum Gasteiger partial charge on any atom is -0.490 e. The fraction of sp³-hybridized carbons (Fsp3) is 0.500. The van der Waals surface area contributed by atoms with Crippen LogP contribution in [0.2, 0.25) is 0 Å². The minimum absolute atomic E-state index is 0.0822. The fourth-order valence-electron chi connectivity index (χ4n) is 2.33. The predicted molar refractivity (Wildman–Crippen MR) is 69.7 cm³/mol. The lowest BCUT2D eigenvalue weighted by atomic mass is 10.1. The Morgan fingerprint density at radius 1 is 1.55 bits per heavy atom. The van der Waals surface area contributed by atoms with Crippen LogP contribution in [-0.2, 0) is 11.3 Å². The number of aromatic nitrogens is 1. The number of nitriles is 1. The van der Waals surface area contributed by atoms with Crippen molar-refractivity contribution < 1.29 is 22.7 Å². The zero-order valence-corrected chi connectivity index (χ0v) is 11.9. The van der Waals surface area contributed by atoms with Gasteiger partial charge in [-0.05, 0) is 0 Å². The second kappa shape index (κ2) is 6.22. The molecule has 0 saturated carbocycles. The third-order valence-corrected chi connectivity index (χ3v) is 3.33. The van der Waals surface area contributed by atoms with E-state index >= 15 is 0 Å². The van der Waals surface area contributed by atoms with Gasteiger partial charge in [-0.1, -0.05) is 6.92 Å². The highest BCUT2D eigenvalue weighted by molar-refractivity contribution is 5.78. The Balaban J connectivity index is 2.17. The van der Waals surface area contributed by atoms with Crippen LogP contribution in [0.15, 0.2) is 12.4 Å². The standard InChI is InChI=1S/C14H14F3N3O2/c1-9(4-14(15,16)17)13(21)20-2-3-22-12-10(5-18)6-19-7-11(12)8-20/h6-7,9H,2-4,8H2,1H3. The summed E-state index contributed by atoms with van der Waals surface area (Å²) < 4.78 is 42.7. The van der Waals surface area contributed by atoms with E-state index in [1.54, 1.807) is 0 Å². The fourth-order valence-corrected chi connectivity index (χ4v) is 2.33. The van der Waals surface area contributed by atoms with Crippen molar-refractivity contribution in [1.82, 2.24) is 9.88 Å². The van der Waals surface area contributed by atoms with Crippen molar-refractivity contribution in [3.63, 3.8) is 0 Å². The van der Waals surface area contributed by atoms with Gasteiger partial charge >= 0.3 is 6.18 Å². The molecule has 2 rings (SSSR count). The molecule has 0 aromatic carbocycles. The van der Waals surface area contributed by atoms with Crippen molar-refractivity contribution in [3.8, 4) is 11.8 Å². The molecular formula is C14H14F3N3O2. The molecule has 0 N–H and O–H groups in total. The Morgan fingerprint density at radius 3 is 2.91 bits per heavy atom. The lowest BCUT2D eigenvalue weighted by molar-refractivity contribution is -0.158. The highest BCUT2D eigenvalue weighted by Crippen LogP contribution is 2.29. The Kier molecular flexibility index (Phi) is 4.54. The largest absolute Gasteiger partial charge is 0.490 e. The Hall–Kier alpha value is -2.30. The lowest BCUT2D eigenvalue weighted by Crippen LogP contribution is -2.37. The summed E-state index contributed by atoms with van der Waals surface area (Å²) in [5, 5.41) is 9.00. The monoisotopic (exact) mass is 313 g/mol. The molecular weight excluding hydrogens is 299 g/mol. The van der Waals surface area contributed by atoms with Crippen LogP contribution in [-0.4, -0.2) is 35.1 Å². The maximum Gasteiger partial charge on any atom is 0.389 e. The Labute approximate surface area is 125 Å². The molecule has 0 bridgehead atoms. The van der Waals surface area contributed by atoms with Gasteiger partial charge in [0.15, 0.2) is 0 Å². The van der Waals surface area contributed by atoms with E-state index in [9.17, 15) is 18.0 Å². The van der Waals surface area contributed by atoms with Gasteiger partial charge in [0.2, 0.25) is 5.91 Å². The summed E-state index contributed by atoms with van der Waals surface area (Å²) in [6.07, 6.45) is -2.74. The van der Waals surface area contributed by atoms with Crippen LogP contribution in [0.4, 0.5) is 13.2 Å². The van der Waals surface area contributed by atoms with E-state index in [0.29, 0.717) is 11.3 Å². The number of fused-ring (bicyclic) bond motifs is 1. The highest BCUT2D eigenvalue weighted by atomic mass is 19.4. The molecule has 1 aliphatic heterocycles. The van der Waals surface area contributed by atoms with E-state index in [2.05, 4.69) is 4.98 Å². The van der Waals surface area contributed by atoms with Gasteiger partial charge in [-0.15, -0.1) is 0 Å². The van der Waals surface area contributed by atoms with Gasteiger partial charge in [-0.3, -0.25) is 9.78 Å². The summed E-state index contributed by atoms with van der Waals surface area (Å²) in [5.74, 6) is -1.40. The first-order chi connectivity index (χ1) is 10.3. The molecule has 0 fully saturated rings. The number of pyridine rings is 1. The van der Waals surface area contributed by atoms with Gasteiger partial charge < -0.3 is 9.64 Å². The van der Waals surface area contributed by atoms with Gasteiger partial charge in [-0.2, -0.15) is 18.4 Å². The van der Waals surface area contributed by atoms with Crippen molar-refractivity contribution >= 4 is 5.91 Å². The first-order valence-corrected chi connectivity index (χ1v) is 6.67. The molecule has 2 heterocycles. The van der Waals surface area contributed by atoms with E-state index in [1.165, 1.54) is 24.2 Å². The molecule has 0 radical (unpaired) electrons. The van der Waals surface area contributed by atoms with Crippen molar-refractivity contribution in [3.05, 3.63) is 23.5 Å². The predicted octanol–water partition coefficient (Wildman–Crippen LogP) is 2.26. The molecule has 1 unspecified atom stereocenters. The average Bonchev–Trinajstić information content (AvgIpc) is 2.66. The first-order valence-electron chi connectivity index (χ1n) is 6.67. The second-order valence-electron chi connectivity index (χ2n) is 5.12. The van der Waals surface area contributed by atoms with Crippen molar-refractivity contribution in [2.75, 3.05) is 13.2 Å². The summed E-state index contributed by atoms with van der Waals surface area (Å²) in [7, 11) is 0. The molecule has 1 aliphatic rings. The molecule has 0 spiro atoms. The van der Waals surface area contributed by atoms with Crippen LogP contribution >= 0.6 is 0 Å². The van der Waals surface area contributed by atoms with Gasteiger partial charge in [-0.25, -0.2) is 0 Å². The number of alkyl halides is 3. The number of nitrogens with zero attached hydrogens (tertiary/aromatic N) is 3. The lowest BCUT2D eigenvalue weighted by Gasteiger charge is -2.24. The smallest absolute Gasteiger partial charge is 0.389 e. The summed E-state index contributed by atoms with van der Waals surface area (Å²) in [5.41, 5.74) is 0.763. The normalized spacial score (nSPS) is 16.0. The number of rotatable bonds is 2. The van der Waals surface area contributed by atoms with E-state index in [-0.39, 0.29) is 25.3 Å². The van der Waals surface area contributed by atoms with Gasteiger partial charge in [0.1, 0.15) is 24.0 Å². The van der Waals surface area contributed by atoms with Crippen LogP contribution in [0, 0.1) is 17.2 Å². The molecule has 118 valence electrons. The zero-order chi connectivity index (χ0) is 16.3. The molecule has 8 heteroatoms. The number of hydrogen-bond donors (Lipinski definition) is 0.